The van der Waals surface area contributed by atoms with Gasteiger partial charge in [0.2, 0.25) is 0 Å². The molecule has 0 bridgehead atoms. The fourth-order valence-electron chi connectivity index (χ4n) is 2.23. The largest absolute Gasteiger partial charge is 0.486 e. The zero-order valence-corrected chi connectivity index (χ0v) is 12.7. The summed E-state index contributed by atoms with van der Waals surface area (Å²) in [7, 11) is 0. The monoisotopic (exact) mass is 312 g/mol. The zero-order chi connectivity index (χ0) is 16.2. The first-order valence-corrected chi connectivity index (χ1v) is 7.30. The number of ketones is 2. The second-order valence-electron chi connectivity index (χ2n) is 5.15. The molecule has 0 unspecified atom stereocenters. The molecule has 1 aliphatic heterocycles. The fourth-order valence-corrected chi connectivity index (χ4v) is 2.23. The van der Waals surface area contributed by atoms with Gasteiger partial charge in [0.05, 0.1) is 0 Å². The Balaban J connectivity index is 1.64. The average molecular weight is 312 g/mol. The molecule has 1 aliphatic rings. The van der Waals surface area contributed by atoms with Gasteiger partial charge in [-0.15, -0.1) is 0 Å². The molecule has 0 radical (unpaired) electrons. The molecule has 0 saturated heterocycles. The molecule has 0 aliphatic carbocycles. The Morgan fingerprint density at radius 1 is 0.957 bits per heavy atom. The number of hydrogen-bond acceptors (Lipinski definition) is 5. The molecular weight excluding hydrogens is 296 g/mol. The lowest BCUT2D eigenvalue weighted by Crippen LogP contribution is -2.17. The summed E-state index contributed by atoms with van der Waals surface area (Å²) in [5.41, 5.74) is 1.12. The third-order valence-corrected chi connectivity index (χ3v) is 3.49. The van der Waals surface area contributed by atoms with Gasteiger partial charge >= 0.3 is 0 Å². The highest BCUT2D eigenvalue weighted by Gasteiger charge is 2.15. The van der Waals surface area contributed by atoms with Crippen LogP contribution in [0.3, 0.4) is 0 Å². The summed E-state index contributed by atoms with van der Waals surface area (Å²) in [6.07, 6.45) is 0. The summed E-state index contributed by atoms with van der Waals surface area (Å²) >= 11 is 0. The van der Waals surface area contributed by atoms with Crippen LogP contribution in [0.4, 0.5) is 0 Å². The Morgan fingerprint density at radius 3 is 2.30 bits per heavy atom. The van der Waals surface area contributed by atoms with Gasteiger partial charge in [0.25, 0.3) is 0 Å². The van der Waals surface area contributed by atoms with Crippen LogP contribution >= 0.6 is 0 Å². The van der Waals surface area contributed by atoms with Crippen LogP contribution in [0.25, 0.3) is 0 Å². The second kappa shape index (κ2) is 6.52. The Labute approximate surface area is 133 Å². The van der Waals surface area contributed by atoms with Crippen LogP contribution < -0.4 is 14.2 Å². The molecule has 5 nitrogen and oxygen atoms in total. The highest BCUT2D eigenvalue weighted by molar-refractivity contribution is 5.98. The van der Waals surface area contributed by atoms with Gasteiger partial charge in [-0.2, -0.15) is 0 Å². The number of benzene rings is 2. The van der Waals surface area contributed by atoms with Gasteiger partial charge in [-0.25, -0.2) is 0 Å². The third kappa shape index (κ3) is 3.51. The van der Waals surface area contributed by atoms with Gasteiger partial charge < -0.3 is 14.2 Å². The van der Waals surface area contributed by atoms with Gasteiger partial charge in [-0.1, -0.05) is 0 Å². The van der Waals surface area contributed by atoms with Gasteiger partial charge in [0.15, 0.2) is 29.7 Å². The molecular formula is C18H16O5. The first-order valence-electron chi connectivity index (χ1n) is 7.30. The second-order valence-corrected chi connectivity index (χ2v) is 5.15. The molecule has 2 aromatic carbocycles. The molecule has 2 aromatic rings. The summed E-state index contributed by atoms with van der Waals surface area (Å²) in [5, 5.41) is 0. The van der Waals surface area contributed by atoms with E-state index in [4.69, 9.17) is 14.2 Å². The molecule has 0 N–H and O–H groups in total. The molecule has 0 atom stereocenters. The highest BCUT2D eigenvalue weighted by atomic mass is 16.6. The van der Waals surface area contributed by atoms with Crippen molar-refractivity contribution in [1.29, 1.82) is 0 Å². The van der Waals surface area contributed by atoms with Gasteiger partial charge in [0.1, 0.15) is 19.0 Å². The average Bonchev–Trinajstić information content (AvgIpc) is 2.59. The lowest BCUT2D eigenvalue weighted by atomic mass is 10.1. The van der Waals surface area contributed by atoms with Crippen LogP contribution in [0.2, 0.25) is 0 Å². The van der Waals surface area contributed by atoms with E-state index < -0.39 is 0 Å². The van der Waals surface area contributed by atoms with E-state index in [1.807, 2.05) is 0 Å². The summed E-state index contributed by atoms with van der Waals surface area (Å²) in [6, 6.07) is 11.8. The maximum Gasteiger partial charge on any atom is 0.200 e. The van der Waals surface area contributed by atoms with Crippen LogP contribution in [0, 0.1) is 0 Å². The molecule has 0 spiro atoms. The maximum absolute atomic E-state index is 12.2. The van der Waals surface area contributed by atoms with Crippen LogP contribution in [0.1, 0.15) is 27.6 Å². The van der Waals surface area contributed by atoms with Crippen molar-refractivity contribution in [1.82, 2.24) is 0 Å². The number of carbonyl (C=O) groups excluding carboxylic acids is 2. The van der Waals surface area contributed by atoms with E-state index in [1.54, 1.807) is 42.5 Å². The third-order valence-electron chi connectivity index (χ3n) is 3.49. The molecule has 3 rings (SSSR count). The number of Topliss-reactive ketones (excluding diaryl/α,β-unsaturated/α-hetero) is 2. The molecule has 0 amide bonds. The van der Waals surface area contributed by atoms with Crippen LogP contribution in [0.5, 0.6) is 17.2 Å². The van der Waals surface area contributed by atoms with E-state index >= 15 is 0 Å². The van der Waals surface area contributed by atoms with Crippen molar-refractivity contribution in [2.24, 2.45) is 0 Å². The van der Waals surface area contributed by atoms with Gasteiger partial charge in [-0.3, -0.25) is 9.59 Å². The number of hydrogen-bond donors (Lipinski definition) is 0. The van der Waals surface area contributed by atoms with Crippen LogP contribution in [0.15, 0.2) is 42.5 Å². The Hall–Kier alpha value is -2.82. The Kier molecular flexibility index (Phi) is 4.28. The van der Waals surface area contributed by atoms with E-state index in [9.17, 15) is 9.59 Å². The molecule has 0 aromatic heterocycles. The molecule has 5 heteroatoms. The van der Waals surface area contributed by atoms with E-state index in [0.717, 1.165) is 0 Å². The van der Waals surface area contributed by atoms with Crippen molar-refractivity contribution in [2.75, 3.05) is 19.8 Å². The number of rotatable bonds is 5. The normalized spacial score (nSPS) is 12.6. The van der Waals surface area contributed by atoms with Crippen molar-refractivity contribution in [2.45, 2.75) is 6.92 Å². The lowest BCUT2D eigenvalue weighted by molar-refractivity contribution is 0.0919. The molecule has 0 saturated carbocycles. The fraction of sp³-hybridized carbons (Fsp3) is 0.222. The number of fused-ring (bicyclic) bond motifs is 1. The molecule has 0 fully saturated rings. The zero-order valence-electron chi connectivity index (χ0n) is 12.7. The number of ether oxygens (including phenoxy) is 3. The molecule has 1 heterocycles. The van der Waals surface area contributed by atoms with Crippen molar-refractivity contribution in [3.63, 3.8) is 0 Å². The smallest absolute Gasteiger partial charge is 0.200 e. The highest BCUT2D eigenvalue weighted by Crippen LogP contribution is 2.30. The maximum atomic E-state index is 12.2. The summed E-state index contributed by atoms with van der Waals surface area (Å²) in [6.45, 7) is 2.41. The number of carbonyl (C=O) groups is 2. The minimum Gasteiger partial charge on any atom is -0.486 e. The Bertz CT molecular complexity index is 734. The van der Waals surface area contributed by atoms with Crippen LogP contribution in [-0.4, -0.2) is 31.4 Å². The van der Waals surface area contributed by atoms with Crippen molar-refractivity contribution >= 4 is 11.6 Å². The quantitative estimate of drug-likeness (QED) is 0.794. The summed E-state index contributed by atoms with van der Waals surface area (Å²) in [4.78, 5) is 23.4. The van der Waals surface area contributed by atoms with Crippen molar-refractivity contribution in [3.8, 4) is 17.2 Å². The lowest BCUT2D eigenvalue weighted by Gasteiger charge is -2.18. The molecule has 118 valence electrons. The van der Waals surface area contributed by atoms with Gasteiger partial charge in [-0.05, 0) is 49.4 Å². The first-order chi connectivity index (χ1) is 11.1. The van der Waals surface area contributed by atoms with E-state index in [1.165, 1.54) is 6.92 Å². The molecule has 23 heavy (non-hydrogen) atoms. The van der Waals surface area contributed by atoms with E-state index in [0.29, 0.717) is 41.6 Å². The van der Waals surface area contributed by atoms with Crippen LogP contribution in [-0.2, 0) is 0 Å². The summed E-state index contributed by atoms with van der Waals surface area (Å²) < 4.78 is 16.4. The predicted octanol–water partition coefficient (Wildman–Crippen LogP) is 2.92. The Morgan fingerprint density at radius 2 is 1.61 bits per heavy atom. The predicted molar refractivity (Wildman–Crippen MR) is 83.7 cm³/mol. The SMILES string of the molecule is CC(=O)c1ccc(OCC(=O)c2ccc3c(c2)OCCO3)cc1. The van der Waals surface area contributed by atoms with Crippen molar-refractivity contribution < 1.29 is 23.8 Å². The standard InChI is InChI=1S/C18H16O5/c1-12(19)13-2-5-15(6-3-13)23-11-16(20)14-4-7-17-18(10-14)22-9-8-21-17/h2-7,10H,8-9,11H2,1H3. The van der Waals surface area contributed by atoms with E-state index in [2.05, 4.69) is 0 Å². The minimum atomic E-state index is -0.155. The minimum absolute atomic E-state index is 0.0103. The summed E-state index contributed by atoms with van der Waals surface area (Å²) in [5.74, 6) is 1.60. The topological polar surface area (TPSA) is 61.8 Å². The van der Waals surface area contributed by atoms with E-state index in [-0.39, 0.29) is 18.2 Å². The van der Waals surface area contributed by atoms with Crippen molar-refractivity contribution in [3.05, 3.63) is 53.6 Å². The first kappa shape index (κ1) is 15.1. The van der Waals surface area contributed by atoms with Gasteiger partial charge in [0, 0.05) is 11.1 Å².